The van der Waals surface area contributed by atoms with Crippen molar-refractivity contribution in [2.24, 2.45) is 16.7 Å². The van der Waals surface area contributed by atoms with Gasteiger partial charge in [-0.15, -0.1) is 0 Å². The van der Waals surface area contributed by atoms with Gasteiger partial charge in [0.15, 0.2) is 0 Å². The molecule has 2 aromatic rings. The van der Waals surface area contributed by atoms with Crippen LogP contribution in [0.3, 0.4) is 0 Å². The van der Waals surface area contributed by atoms with Gasteiger partial charge in [-0.05, 0) is 54.7 Å². The molecular formula is C27H31FN2O2. The zero-order valence-electron chi connectivity index (χ0n) is 18.9. The van der Waals surface area contributed by atoms with E-state index in [4.69, 9.17) is 0 Å². The van der Waals surface area contributed by atoms with Crippen molar-refractivity contribution in [3.8, 4) is 11.1 Å². The molecule has 5 rings (SSSR count). The highest BCUT2D eigenvalue weighted by molar-refractivity contribution is 5.88. The van der Waals surface area contributed by atoms with E-state index in [0.717, 1.165) is 17.5 Å². The van der Waals surface area contributed by atoms with Crippen LogP contribution in [0.15, 0.2) is 48.5 Å². The smallest absolute Gasteiger partial charge is 0.230 e. The predicted molar refractivity (Wildman–Crippen MR) is 122 cm³/mol. The third kappa shape index (κ3) is 3.42. The fourth-order valence-electron chi connectivity index (χ4n) is 6.01. The molecule has 5 heteroatoms. The van der Waals surface area contributed by atoms with Gasteiger partial charge in [0.25, 0.3) is 0 Å². The van der Waals surface area contributed by atoms with Crippen LogP contribution < -0.4 is 0 Å². The Hall–Kier alpha value is -2.69. The standard InChI is InChI=1S/C27H31FN2O2/c1-29(2)25(32)27(14-15-30(18-27)24(31)22-17-26(22)12-7-13-26)16-19-8-3-4-9-20(19)21-10-5-6-11-23(21)28/h3-6,8-11,22H,7,12-18H2,1-2H3/t22-,27-/m1/s1. The van der Waals surface area contributed by atoms with Crippen LogP contribution in [0.2, 0.25) is 0 Å². The molecular weight excluding hydrogens is 403 g/mol. The number of rotatable bonds is 5. The molecule has 2 amide bonds. The summed E-state index contributed by atoms with van der Waals surface area (Å²) < 4.78 is 14.6. The highest BCUT2D eigenvalue weighted by Gasteiger charge is 2.62. The molecule has 2 aliphatic carbocycles. The van der Waals surface area contributed by atoms with Gasteiger partial charge in [-0.25, -0.2) is 4.39 Å². The quantitative estimate of drug-likeness (QED) is 0.694. The molecule has 1 aliphatic heterocycles. The van der Waals surface area contributed by atoms with E-state index in [-0.39, 0.29) is 29.0 Å². The number of amides is 2. The third-order valence-corrected chi connectivity index (χ3v) is 8.07. The lowest BCUT2D eigenvalue weighted by atomic mass is 9.77. The average Bonchev–Trinajstić information content (AvgIpc) is 3.41. The number of carbonyl (C=O) groups is 2. The second-order valence-electron chi connectivity index (χ2n) is 10.3. The molecule has 2 atom stereocenters. The Morgan fingerprint density at radius 1 is 1.03 bits per heavy atom. The Kier molecular flexibility index (Phi) is 5.11. The van der Waals surface area contributed by atoms with E-state index < -0.39 is 5.41 Å². The molecule has 0 aromatic heterocycles. The SMILES string of the molecule is CN(C)C(=O)[C@@]1(Cc2ccccc2-c2ccccc2F)CCN(C(=O)[C@H]2CC23CCC3)C1. The summed E-state index contributed by atoms with van der Waals surface area (Å²) in [6, 6.07) is 14.5. The third-order valence-electron chi connectivity index (χ3n) is 8.07. The molecule has 4 nitrogen and oxygen atoms in total. The Labute approximate surface area is 189 Å². The first-order valence-corrected chi connectivity index (χ1v) is 11.7. The van der Waals surface area contributed by atoms with Crippen LogP contribution in [0.1, 0.15) is 37.7 Å². The van der Waals surface area contributed by atoms with Crippen LogP contribution in [-0.4, -0.2) is 48.8 Å². The number of benzene rings is 2. The topological polar surface area (TPSA) is 40.6 Å². The molecule has 2 aromatic carbocycles. The molecule has 1 spiro atoms. The highest BCUT2D eigenvalue weighted by Crippen LogP contribution is 2.66. The number of nitrogens with zero attached hydrogens (tertiary/aromatic N) is 2. The molecule has 168 valence electrons. The minimum Gasteiger partial charge on any atom is -0.348 e. The van der Waals surface area contributed by atoms with Gasteiger partial charge < -0.3 is 9.80 Å². The van der Waals surface area contributed by atoms with Crippen LogP contribution in [0, 0.1) is 22.6 Å². The van der Waals surface area contributed by atoms with Gasteiger partial charge in [0, 0.05) is 38.7 Å². The van der Waals surface area contributed by atoms with E-state index >= 15 is 0 Å². The van der Waals surface area contributed by atoms with Crippen molar-refractivity contribution in [2.45, 2.75) is 38.5 Å². The van der Waals surface area contributed by atoms with Gasteiger partial charge in [0.05, 0.1) is 5.41 Å². The summed E-state index contributed by atoms with van der Waals surface area (Å²) in [6.07, 6.45) is 5.74. The van der Waals surface area contributed by atoms with E-state index in [1.807, 2.05) is 35.2 Å². The fraction of sp³-hybridized carbons (Fsp3) is 0.481. The first-order chi connectivity index (χ1) is 15.4. The Bertz CT molecular complexity index is 1060. The average molecular weight is 435 g/mol. The summed E-state index contributed by atoms with van der Waals surface area (Å²) in [5.74, 6) is 0.175. The molecule has 0 radical (unpaired) electrons. The molecule has 1 heterocycles. The van der Waals surface area contributed by atoms with Gasteiger partial charge in [-0.3, -0.25) is 9.59 Å². The van der Waals surface area contributed by atoms with Crippen LogP contribution in [0.4, 0.5) is 4.39 Å². The monoisotopic (exact) mass is 434 g/mol. The Balaban J connectivity index is 1.44. The molecule has 2 saturated carbocycles. The first kappa shape index (κ1) is 21.2. The summed E-state index contributed by atoms with van der Waals surface area (Å²) in [7, 11) is 3.56. The number of carbonyl (C=O) groups excluding carboxylic acids is 2. The van der Waals surface area contributed by atoms with Gasteiger partial charge in [-0.1, -0.05) is 48.9 Å². The lowest BCUT2D eigenvalue weighted by molar-refractivity contribution is -0.140. The summed E-state index contributed by atoms with van der Waals surface area (Å²) >= 11 is 0. The number of hydrogen-bond donors (Lipinski definition) is 0. The molecule has 0 bridgehead atoms. The van der Waals surface area contributed by atoms with Gasteiger partial charge in [0.2, 0.25) is 11.8 Å². The summed E-state index contributed by atoms with van der Waals surface area (Å²) in [6.45, 7) is 1.06. The lowest BCUT2D eigenvalue weighted by Gasteiger charge is -2.32. The van der Waals surface area contributed by atoms with Crippen molar-refractivity contribution >= 4 is 11.8 Å². The maximum absolute atomic E-state index is 14.6. The second-order valence-corrected chi connectivity index (χ2v) is 10.3. The first-order valence-electron chi connectivity index (χ1n) is 11.7. The zero-order chi connectivity index (χ0) is 22.5. The molecule has 3 fully saturated rings. The van der Waals surface area contributed by atoms with E-state index in [1.165, 1.54) is 25.3 Å². The van der Waals surface area contributed by atoms with Crippen molar-refractivity contribution in [3.63, 3.8) is 0 Å². The number of likely N-dealkylation sites (tertiary alicyclic amines) is 1. The normalized spacial score (nSPS) is 25.5. The van der Waals surface area contributed by atoms with Crippen LogP contribution >= 0.6 is 0 Å². The van der Waals surface area contributed by atoms with Crippen molar-refractivity contribution < 1.29 is 14.0 Å². The van der Waals surface area contributed by atoms with Crippen LogP contribution in [0.25, 0.3) is 11.1 Å². The van der Waals surface area contributed by atoms with Gasteiger partial charge in [0.1, 0.15) is 5.82 Å². The largest absolute Gasteiger partial charge is 0.348 e. The van der Waals surface area contributed by atoms with Gasteiger partial charge in [-0.2, -0.15) is 0 Å². The minimum atomic E-state index is -0.678. The second kappa shape index (κ2) is 7.72. The minimum absolute atomic E-state index is 0.0466. The Morgan fingerprint density at radius 3 is 2.34 bits per heavy atom. The Morgan fingerprint density at radius 2 is 1.72 bits per heavy atom. The lowest BCUT2D eigenvalue weighted by Crippen LogP contribution is -2.45. The predicted octanol–water partition coefficient (Wildman–Crippen LogP) is 4.53. The zero-order valence-corrected chi connectivity index (χ0v) is 18.9. The van der Waals surface area contributed by atoms with Crippen molar-refractivity contribution in [3.05, 3.63) is 59.9 Å². The maximum atomic E-state index is 14.6. The fourth-order valence-corrected chi connectivity index (χ4v) is 6.01. The van der Waals surface area contributed by atoms with E-state index in [1.54, 1.807) is 31.1 Å². The molecule has 0 N–H and O–H groups in total. The highest BCUT2D eigenvalue weighted by atomic mass is 19.1. The van der Waals surface area contributed by atoms with Crippen molar-refractivity contribution in [1.82, 2.24) is 9.80 Å². The maximum Gasteiger partial charge on any atom is 0.230 e. The summed E-state index contributed by atoms with van der Waals surface area (Å²) in [5, 5.41) is 0. The van der Waals surface area contributed by atoms with E-state index in [2.05, 4.69) is 0 Å². The van der Waals surface area contributed by atoms with Crippen LogP contribution in [-0.2, 0) is 16.0 Å². The molecule has 3 aliphatic rings. The molecule has 0 unspecified atom stereocenters. The van der Waals surface area contributed by atoms with Crippen molar-refractivity contribution in [1.29, 1.82) is 0 Å². The molecule has 1 saturated heterocycles. The summed E-state index contributed by atoms with van der Waals surface area (Å²) in [4.78, 5) is 30.3. The van der Waals surface area contributed by atoms with E-state index in [0.29, 0.717) is 31.5 Å². The van der Waals surface area contributed by atoms with Crippen molar-refractivity contribution in [2.75, 3.05) is 27.2 Å². The summed E-state index contributed by atoms with van der Waals surface area (Å²) in [5.41, 5.74) is 1.92. The number of halogens is 1. The number of hydrogen-bond acceptors (Lipinski definition) is 2. The van der Waals surface area contributed by atoms with Crippen LogP contribution in [0.5, 0.6) is 0 Å². The molecule has 32 heavy (non-hydrogen) atoms. The van der Waals surface area contributed by atoms with E-state index in [9.17, 15) is 14.0 Å². The van der Waals surface area contributed by atoms with Gasteiger partial charge >= 0.3 is 0 Å².